The Bertz CT molecular complexity index is 1040. The molecule has 1 aliphatic heterocycles. The minimum atomic E-state index is -3.74. The van der Waals surface area contributed by atoms with Gasteiger partial charge in [0.2, 0.25) is 15.9 Å². The van der Waals surface area contributed by atoms with E-state index in [0.29, 0.717) is 5.52 Å². The highest BCUT2D eigenvalue weighted by atomic mass is 32.2. The number of sulfonamides is 1. The van der Waals surface area contributed by atoms with E-state index < -0.39 is 16.0 Å². The molecule has 1 aromatic heterocycles. The van der Waals surface area contributed by atoms with Crippen LogP contribution in [-0.2, 0) is 24.3 Å². The third-order valence-electron chi connectivity index (χ3n) is 4.54. The van der Waals surface area contributed by atoms with Crippen molar-refractivity contribution in [2.24, 2.45) is 0 Å². The first-order chi connectivity index (χ1) is 13.3. The predicted octanol–water partition coefficient (Wildman–Crippen LogP) is 1.11. The van der Waals surface area contributed by atoms with Gasteiger partial charge >= 0.3 is 5.97 Å². The number of pyridine rings is 1. The number of rotatable bonds is 4. The van der Waals surface area contributed by atoms with Crippen molar-refractivity contribution in [2.75, 3.05) is 33.3 Å². The van der Waals surface area contributed by atoms with E-state index in [2.05, 4.69) is 9.72 Å². The molecule has 0 saturated carbocycles. The molecule has 0 unspecified atom stereocenters. The zero-order valence-corrected chi connectivity index (χ0v) is 16.5. The minimum Gasteiger partial charge on any atom is -0.466 e. The second kappa shape index (κ2) is 8.07. The molecule has 0 radical (unpaired) electrons. The lowest BCUT2D eigenvalue weighted by Gasteiger charge is -2.33. The summed E-state index contributed by atoms with van der Waals surface area (Å²) in [5.74, 6) is -0.974. The van der Waals surface area contributed by atoms with E-state index in [4.69, 9.17) is 0 Å². The molecule has 1 amide bonds. The fourth-order valence-corrected chi connectivity index (χ4v) is 4.64. The lowest BCUT2D eigenvalue weighted by Crippen LogP contribution is -2.50. The molecule has 1 aromatic carbocycles. The van der Waals surface area contributed by atoms with Gasteiger partial charge in [-0.3, -0.25) is 9.78 Å². The van der Waals surface area contributed by atoms with Crippen LogP contribution >= 0.6 is 0 Å². The summed E-state index contributed by atoms with van der Waals surface area (Å²) in [6, 6.07) is 6.98. The van der Waals surface area contributed by atoms with Crippen LogP contribution < -0.4 is 0 Å². The molecule has 2 heterocycles. The summed E-state index contributed by atoms with van der Waals surface area (Å²) in [7, 11) is -2.51. The molecule has 0 spiro atoms. The number of aromatic nitrogens is 1. The van der Waals surface area contributed by atoms with Gasteiger partial charge in [-0.15, -0.1) is 0 Å². The summed E-state index contributed by atoms with van der Waals surface area (Å²) in [4.78, 5) is 29.2. The Hall–Kier alpha value is -2.78. The van der Waals surface area contributed by atoms with Crippen LogP contribution in [0.4, 0.5) is 0 Å². The van der Waals surface area contributed by atoms with Crippen molar-refractivity contribution in [1.82, 2.24) is 14.2 Å². The van der Waals surface area contributed by atoms with Crippen molar-refractivity contribution < 1.29 is 22.7 Å². The number of piperazine rings is 1. The smallest absolute Gasteiger partial charge is 0.330 e. The van der Waals surface area contributed by atoms with Gasteiger partial charge in [0.15, 0.2) is 0 Å². The van der Waals surface area contributed by atoms with Gasteiger partial charge in [-0.25, -0.2) is 13.2 Å². The van der Waals surface area contributed by atoms with Crippen LogP contribution in [-0.4, -0.2) is 67.8 Å². The van der Waals surface area contributed by atoms with E-state index in [1.807, 2.05) is 19.1 Å². The maximum Gasteiger partial charge on any atom is 0.330 e. The maximum atomic E-state index is 13.1. The molecular weight excluding hydrogens is 382 g/mol. The summed E-state index contributed by atoms with van der Waals surface area (Å²) >= 11 is 0. The van der Waals surface area contributed by atoms with Gasteiger partial charge in [-0.05, 0) is 24.6 Å². The molecule has 148 valence electrons. The number of methoxy groups -OCH3 is 1. The van der Waals surface area contributed by atoms with Crippen LogP contribution in [0.25, 0.3) is 10.9 Å². The lowest BCUT2D eigenvalue weighted by molar-refractivity contribution is -0.135. The van der Waals surface area contributed by atoms with E-state index in [1.165, 1.54) is 16.3 Å². The monoisotopic (exact) mass is 403 g/mol. The van der Waals surface area contributed by atoms with Gasteiger partial charge in [0.1, 0.15) is 4.90 Å². The van der Waals surface area contributed by atoms with Crippen molar-refractivity contribution in [3.63, 3.8) is 0 Å². The molecule has 0 atom stereocenters. The second-order valence-electron chi connectivity index (χ2n) is 6.43. The highest BCUT2D eigenvalue weighted by Crippen LogP contribution is 2.25. The summed E-state index contributed by atoms with van der Waals surface area (Å²) in [6.07, 6.45) is 3.83. The molecular formula is C19H21N3O5S. The number of carbonyl (C=O) groups excluding carboxylic acids is 2. The summed E-state index contributed by atoms with van der Waals surface area (Å²) in [5, 5.41) is 0.767. The molecule has 0 N–H and O–H groups in total. The number of esters is 1. The zero-order chi connectivity index (χ0) is 20.3. The van der Waals surface area contributed by atoms with Crippen LogP contribution in [0, 0.1) is 6.92 Å². The van der Waals surface area contributed by atoms with Crippen molar-refractivity contribution in [3.8, 4) is 0 Å². The van der Waals surface area contributed by atoms with Crippen molar-refractivity contribution in [1.29, 1.82) is 0 Å². The first kappa shape index (κ1) is 20.0. The van der Waals surface area contributed by atoms with Crippen molar-refractivity contribution in [3.05, 3.63) is 48.2 Å². The quantitative estimate of drug-likeness (QED) is 0.560. The highest BCUT2D eigenvalue weighted by molar-refractivity contribution is 7.89. The normalized spacial score (nSPS) is 15.9. The predicted molar refractivity (Wildman–Crippen MR) is 103 cm³/mol. The number of ether oxygens (including phenoxy) is 1. The maximum absolute atomic E-state index is 13.1. The standard InChI is InChI=1S/C19H21N3O5S/c1-14-12-15-4-3-5-16(19(15)20-13-14)28(25,26)22-10-8-21(9-11-22)17(23)6-7-18(24)27-2/h3-7,12-13H,8-11H2,1-2H3/b7-6+. The third kappa shape index (κ3) is 4.05. The van der Waals surface area contributed by atoms with Gasteiger partial charge in [0, 0.05) is 49.9 Å². The van der Waals surface area contributed by atoms with E-state index in [9.17, 15) is 18.0 Å². The van der Waals surface area contributed by atoms with Crippen LogP contribution in [0.3, 0.4) is 0 Å². The molecule has 1 fully saturated rings. The topological polar surface area (TPSA) is 96.9 Å². The lowest BCUT2D eigenvalue weighted by atomic mass is 10.2. The minimum absolute atomic E-state index is 0.162. The number of aryl methyl sites for hydroxylation is 1. The third-order valence-corrected chi connectivity index (χ3v) is 6.47. The Labute approximate surface area is 163 Å². The van der Waals surface area contributed by atoms with Crippen LogP contribution in [0.1, 0.15) is 5.56 Å². The van der Waals surface area contributed by atoms with Crippen LogP contribution in [0.2, 0.25) is 0 Å². The molecule has 1 saturated heterocycles. The first-order valence-electron chi connectivity index (χ1n) is 8.73. The number of hydrogen-bond acceptors (Lipinski definition) is 6. The SMILES string of the molecule is COC(=O)/C=C/C(=O)N1CCN(S(=O)(=O)c2cccc3cc(C)cnc23)CC1. The largest absolute Gasteiger partial charge is 0.466 e. The highest BCUT2D eigenvalue weighted by Gasteiger charge is 2.31. The van der Waals surface area contributed by atoms with Gasteiger partial charge in [-0.1, -0.05) is 12.1 Å². The molecule has 1 aliphatic rings. The number of hydrogen-bond donors (Lipinski definition) is 0. The molecule has 8 nitrogen and oxygen atoms in total. The molecule has 0 aliphatic carbocycles. The second-order valence-corrected chi connectivity index (χ2v) is 8.33. The number of amides is 1. The zero-order valence-electron chi connectivity index (χ0n) is 15.7. The van der Waals surface area contributed by atoms with Crippen LogP contribution in [0.5, 0.6) is 0 Å². The molecule has 3 rings (SSSR count). The summed E-state index contributed by atoms with van der Waals surface area (Å²) in [6.45, 7) is 2.71. The van der Waals surface area contributed by atoms with Crippen molar-refractivity contribution >= 4 is 32.8 Å². The van der Waals surface area contributed by atoms with Gasteiger partial charge < -0.3 is 9.64 Å². The molecule has 9 heteroatoms. The Kier molecular flexibility index (Phi) is 5.76. The fraction of sp³-hybridized carbons (Fsp3) is 0.316. The van der Waals surface area contributed by atoms with Gasteiger partial charge in [-0.2, -0.15) is 4.31 Å². The number of carbonyl (C=O) groups is 2. The summed E-state index contributed by atoms with van der Waals surface area (Å²) in [5.41, 5.74) is 1.39. The fourth-order valence-electron chi connectivity index (χ4n) is 3.05. The van der Waals surface area contributed by atoms with E-state index in [-0.39, 0.29) is 37.0 Å². The number of para-hydroxylation sites is 1. The van der Waals surface area contributed by atoms with Gasteiger partial charge in [0.05, 0.1) is 12.6 Å². The number of benzene rings is 1. The Morgan fingerprint density at radius 1 is 1.14 bits per heavy atom. The molecule has 0 bridgehead atoms. The average Bonchev–Trinajstić information content (AvgIpc) is 2.71. The van der Waals surface area contributed by atoms with Crippen LogP contribution in [0.15, 0.2) is 47.5 Å². The van der Waals surface area contributed by atoms with E-state index in [0.717, 1.165) is 23.1 Å². The Morgan fingerprint density at radius 3 is 2.54 bits per heavy atom. The number of nitrogens with zero attached hydrogens (tertiary/aromatic N) is 3. The molecule has 2 aromatic rings. The number of fused-ring (bicyclic) bond motifs is 1. The van der Waals surface area contributed by atoms with E-state index in [1.54, 1.807) is 18.3 Å². The average molecular weight is 403 g/mol. The van der Waals surface area contributed by atoms with Crippen molar-refractivity contribution in [2.45, 2.75) is 11.8 Å². The van der Waals surface area contributed by atoms with E-state index >= 15 is 0 Å². The molecule has 28 heavy (non-hydrogen) atoms. The Morgan fingerprint density at radius 2 is 1.86 bits per heavy atom. The Balaban J connectivity index is 1.76. The van der Waals surface area contributed by atoms with Gasteiger partial charge in [0.25, 0.3) is 0 Å². The first-order valence-corrected chi connectivity index (χ1v) is 10.2. The summed E-state index contributed by atoms with van der Waals surface area (Å²) < 4.78 is 32.1.